The van der Waals surface area contributed by atoms with E-state index in [0.29, 0.717) is 11.3 Å². The van der Waals surface area contributed by atoms with Crippen molar-refractivity contribution in [2.45, 2.75) is 76.9 Å². The molecule has 0 aromatic heterocycles. The molecule has 25 heavy (non-hydrogen) atoms. The van der Waals surface area contributed by atoms with Crippen LogP contribution in [0.1, 0.15) is 65.2 Å². The van der Waals surface area contributed by atoms with Crippen molar-refractivity contribution in [3.05, 3.63) is 11.6 Å². The maximum atomic E-state index is 11.6. The number of rotatable bonds is 2. The van der Waals surface area contributed by atoms with Crippen LogP contribution in [0.3, 0.4) is 0 Å². The molecule has 5 rings (SSSR count). The smallest absolute Gasteiger partial charge is 0.0830 e. The van der Waals surface area contributed by atoms with Crippen LogP contribution >= 0.6 is 0 Å². The highest BCUT2D eigenvalue weighted by atomic mass is 16.3. The molecule has 0 spiro atoms. The molecule has 3 nitrogen and oxygen atoms in total. The SMILES string of the molecule is C[C@]12CC[C@H](O)CC1=CC[C@H]1[C@H]2CC[C@]2(C)[C@@H]1CC[C@@]2(O)CN1CC1. The molecule has 7 atom stereocenters. The van der Waals surface area contributed by atoms with Crippen LogP contribution in [-0.4, -0.2) is 46.5 Å². The third-order valence-electron chi connectivity index (χ3n) is 9.42. The minimum atomic E-state index is -0.465. The van der Waals surface area contributed by atoms with Gasteiger partial charge in [-0.25, -0.2) is 0 Å². The fourth-order valence-electron chi connectivity index (χ4n) is 7.61. The molecule has 0 aromatic rings. The van der Waals surface area contributed by atoms with E-state index in [0.717, 1.165) is 44.1 Å². The van der Waals surface area contributed by atoms with Crippen molar-refractivity contribution in [1.29, 1.82) is 0 Å². The summed E-state index contributed by atoms with van der Waals surface area (Å²) in [5.41, 5.74) is 1.50. The van der Waals surface area contributed by atoms with Gasteiger partial charge in [-0.3, -0.25) is 4.90 Å². The minimum Gasteiger partial charge on any atom is -0.393 e. The number of β-amino-alcohol motifs (C(OH)–C–C–N with tert-alkyl or cyclic N) is 1. The van der Waals surface area contributed by atoms with E-state index in [1.54, 1.807) is 5.57 Å². The predicted octanol–water partition coefficient (Wildman–Crippen LogP) is 3.36. The third kappa shape index (κ3) is 2.28. The highest BCUT2D eigenvalue weighted by molar-refractivity contribution is 5.26. The van der Waals surface area contributed by atoms with Gasteiger partial charge in [-0.05, 0) is 74.5 Å². The maximum absolute atomic E-state index is 11.6. The number of nitrogens with zero attached hydrogens (tertiary/aromatic N) is 1. The van der Waals surface area contributed by atoms with Crippen LogP contribution in [0.15, 0.2) is 11.6 Å². The number of aliphatic hydroxyl groups excluding tert-OH is 1. The van der Waals surface area contributed by atoms with Gasteiger partial charge in [0.25, 0.3) is 0 Å². The van der Waals surface area contributed by atoms with Crippen molar-refractivity contribution in [3.63, 3.8) is 0 Å². The van der Waals surface area contributed by atoms with E-state index in [1.807, 2.05) is 0 Å². The molecule has 4 aliphatic carbocycles. The summed E-state index contributed by atoms with van der Waals surface area (Å²) in [5, 5.41) is 21.7. The highest BCUT2D eigenvalue weighted by Gasteiger charge is 2.64. The topological polar surface area (TPSA) is 43.5 Å². The lowest BCUT2D eigenvalue weighted by molar-refractivity contribution is -0.128. The van der Waals surface area contributed by atoms with Crippen molar-refractivity contribution >= 4 is 0 Å². The second kappa shape index (κ2) is 5.33. The van der Waals surface area contributed by atoms with E-state index in [4.69, 9.17) is 0 Å². The fourth-order valence-corrected chi connectivity index (χ4v) is 7.61. The molecular formula is C22H35NO2. The van der Waals surface area contributed by atoms with Gasteiger partial charge in [0.2, 0.25) is 0 Å². The second-order valence-corrected chi connectivity index (χ2v) is 10.5. The predicted molar refractivity (Wildman–Crippen MR) is 99.1 cm³/mol. The monoisotopic (exact) mass is 345 g/mol. The van der Waals surface area contributed by atoms with Gasteiger partial charge in [-0.2, -0.15) is 0 Å². The third-order valence-corrected chi connectivity index (χ3v) is 9.42. The summed E-state index contributed by atoms with van der Waals surface area (Å²) in [6.45, 7) is 8.17. The van der Waals surface area contributed by atoms with Crippen LogP contribution in [0.25, 0.3) is 0 Å². The van der Waals surface area contributed by atoms with Crippen LogP contribution in [0.5, 0.6) is 0 Å². The number of hydrogen-bond donors (Lipinski definition) is 2. The summed E-state index contributed by atoms with van der Waals surface area (Å²) in [5.74, 6) is 2.19. The van der Waals surface area contributed by atoms with Crippen LogP contribution in [0, 0.1) is 28.6 Å². The Bertz CT molecular complexity index is 599. The lowest BCUT2D eigenvalue weighted by atomic mass is 9.47. The number of aliphatic hydroxyl groups is 2. The van der Waals surface area contributed by atoms with Crippen molar-refractivity contribution in [2.24, 2.45) is 28.6 Å². The Labute approximate surface area is 152 Å². The molecule has 2 N–H and O–H groups in total. The average molecular weight is 346 g/mol. The largest absolute Gasteiger partial charge is 0.393 e. The molecule has 0 aromatic carbocycles. The van der Waals surface area contributed by atoms with Crippen molar-refractivity contribution in [2.75, 3.05) is 19.6 Å². The number of hydrogen-bond acceptors (Lipinski definition) is 3. The van der Waals surface area contributed by atoms with Gasteiger partial charge in [0.05, 0.1) is 11.7 Å². The first-order valence-corrected chi connectivity index (χ1v) is 10.7. The molecule has 1 saturated heterocycles. The van der Waals surface area contributed by atoms with E-state index in [-0.39, 0.29) is 11.5 Å². The zero-order valence-corrected chi connectivity index (χ0v) is 16.0. The summed E-state index contributed by atoms with van der Waals surface area (Å²) < 4.78 is 0. The second-order valence-electron chi connectivity index (χ2n) is 10.5. The molecule has 140 valence electrons. The first-order chi connectivity index (χ1) is 11.9. The van der Waals surface area contributed by atoms with Gasteiger partial charge in [0, 0.05) is 25.0 Å². The zero-order valence-electron chi connectivity index (χ0n) is 16.0. The van der Waals surface area contributed by atoms with E-state index in [2.05, 4.69) is 24.8 Å². The van der Waals surface area contributed by atoms with Gasteiger partial charge in [-0.1, -0.05) is 25.5 Å². The quantitative estimate of drug-likeness (QED) is 0.596. The van der Waals surface area contributed by atoms with Crippen molar-refractivity contribution in [3.8, 4) is 0 Å². The molecule has 5 aliphatic rings. The summed E-state index contributed by atoms with van der Waals surface area (Å²) in [6, 6.07) is 0. The first-order valence-electron chi connectivity index (χ1n) is 10.7. The maximum Gasteiger partial charge on any atom is 0.0830 e. The summed E-state index contributed by atoms with van der Waals surface area (Å²) in [4.78, 5) is 2.42. The average Bonchev–Trinajstić information content (AvgIpc) is 3.33. The van der Waals surface area contributed by atoms with Crippen LogP contribution < -0.4 is 0 Å². The van der Waals surface area contributed by atoms with Gasteiger partial charge in [0.1, 0.15) is 0 Å². The molecule has 0 bridgehead atoms. The van der Waals surface area contributed by atoms with Crippen LogP contribution in [0.2, 0.25) is 0 Å². The minimum absolute atomic E-state index is 0.104. The van der Waals surface area contributed by atoms with Crippen LogP contribution in [0.4, 0.5) is 0 Å². The molecule has 1 aliphatic heterocycles. The zero-order chi connectivity index (χ0) is 17.4. The molecule has 3 heteroatoms. The van der Waals surface area contributed by atoms with E-state index < -0.39 is 5.60 Å². The van der Waals surface area contributed by atoms with Gasteiger partial charge in [0.15, 0.2) is 0 Å². The van der Waals surface area contributed by atoms with Crippen LogP contribution in [-0.2, 0) is 0 Å². The molecule has 0 unspecified atom stereocenters. The van der Waals surface area contributed by atoms with E-state index in [9.17, 15) is 10.2 Å². The first kappa shape index (κ1) is 16.8. The van der Waals surface area contributed by atoms with E-state index >= 15 is 0 Å². The lowest BCUT2D eigenvalue weighted by Crippen LogP contribution is -2.56. The molecule has 0 amide bonds. The Morgan fingerprint density at radius 2 is 1.84 bits per heavy atom. The van der Waals surface area contributed by atoms with Gasteiger partial charge in [-0.15, -0.1) is 0 Å². The Hall–Kier alpha value is -0.380. The normalized spacial score (nSPS) is 55.1. The fraction of sp³-hybridized carbons (Fsp3) is 0.909. The van der Waals surface area contributed by atoms with Crippen molar-refractivity contribution in [1.82, 2.24) is 4.90 Å². The standard InChI is InChI=1S/C22H35NO2/c1-20-8-5-16(24)13-15(20)3-4-17-18(20)6-9-21(2)19(17)7-10-22(21,25)14-23-11-12-23/h3,16-19,24-25H,4-14H2,1-2H3/t16-,17-,18+,19+,20-,21+,22+/m0/s1. The Balaban J connectivity index is 1.45. The number of allylic oxidation sites excluding steroid dienone is 1. The molecule has 3 saturated carbocycles. The Morgan fingerprint density at radius 3 is 2.60 bits per heavy atom. The molecule has 4 fully saturated rings. The van der Waals surface area contributed by atoms with E-state index in [1.165, 1.54) is 38.8 Å². The Morgan fingerprint density at radius 1 is 1.08 bits per heavy atom. The number of fused-ring (bicyclic) bond motifs is 5. The van der Waals surface area contributed by atoms with Gasteiger partial charge < -0.3 is 10.2 Å². The lowest BCUT2D eigenvalue weighted by Gasteiger charge is -2.59. The summed E-state index contributed by atoms with van der Waals surface area (Å²) in [6.07, 6.45) is 11.3. The Kier molecular flexibility index (Phi) is 3.57. The molecular weight excluding hydrogens is 310 g/mol. The van der Waals surface area contributed by atoms with Gasteiger partial charge >= 0.3 is 0 Å². The summed E-state index contributed by atoms with van der Waals surface area (Å²) in [7, 11) is 0. The summed E-state index contributed by atoms with van der Waals surface area (Å²) >= 11 is 0. The van der Waals surface area contributed by atoms with Crippen molar-refractivity contribution < 1.29 is 10.2 Å². The highest BCUT2D eigenvalue weighted by Crippen LogP contribution is 2.67. The molecule has 1 heterocycles. The molecule has 0 radical (unpaired) electrons.